The highest BCUT2D eigenvalue weighted by Gasteiger charge is 2.42. The van der Waals surface area contributed by atoms with Crippen molar-refractivity contribution in [3.8, 4) is 5.69 Å². The normalized spacial score (nSPS) is 22.4. The van der Waals surface area contributed by atoms with Crippen molar-refractivity contribution in [2.75, 3.05) is 20.3 Å². The second kappa shape index (κ2) is 9.33. The number of rotatable bonds is 6. The van der Waals surface area contributed by atoms with Gasteiger partial charge in [-0.15, -0.1) is 0 Å². The van der Waals surface area contributed by atoms with Crippen molar-refractivity contribution in [3.05, 3.63) is 83.9 Å². The number of esters is 1. The van der Waals surface area contributed by atoms with E-state index in [0.717, 1.165) is 43.1 Å². The largest absolute Gasteiger partial charge is 0.465 e. The first kappa shape index (κ1) is 21.6. The van der Waals surface area contributed by atoms with Gasteiger partial charge in [0.2, 0.25) is 0 Å². The number of hydrogen-bond donors (Lipinski definition) is 1. The standard InChI is InChI=1S/C25H26N4O3S/c1-31-24(30)17-9-11-18(12-10-17)28-14-4-8-21(28)23-22(20-7-2-3-13-26-20)27-25(33)29(23)16-19-6-5-15-32-19/h2-4,7-14,19,22-23H,5-6,15-16H2,1H3,(H,27,33)/t19-,22-,23+/m0/s1. The predicted molar refractivity (Wildman–Crippen MR) is 128 cm³/mol. The Morgan fingerprint density at radius 1 is 1.21 bits per heavy atom. The molecule has 3 aromatic rings. The van der Waals surface area contributed by atoms with Crippen LogP contribution in [0.2, 0.25) is 0 Å². The average Bonchev–Trinajstić information content (AvgIpc) is 3.61. The first-order valence-electron chi connectivity index (χ1n) is 11.1. The molecule has 2 fully saturated rings. The SMILES string of the molecule is COC(=O)c1ccc(-n2cccc2[C@@H]2[C@H](c3ccccn3)NC(=S)N2C[C@@H]2CCCO2)cc1. The smallest absolute Gasteiger partial charge is 0.337 e. The molecule has 0 spiro atoms. The summed E-state index contributed by atoms with van der Waals surface area (Å²) in [5, 5.41) is 4.22. The molecule has 2 saturated heterocycles. The van der Waals surface area contributed by atoms with Crippen LogP contribution in [0, 0.1) is 0 Å². The zero-order chi connectivity index (χ0) is 22.8. The summed E-state index contributed by atoms with van der Waals surface area (Å²) in [7, 11) is 1.39. The average molecular weight is 463 g/mol. The van der Waals surface area contributed by atoms with Gasteiger partial charge in [-0.3, -0.25) is 4.98 Å². The van der Waals surface area contributed by atoms with Crippen LogP contribution in [0.1, 0.15) is 46.7 Å². The van der Waals surface area contributed by atoms with E-state index in [1.165, 1.54) is 7.11 Å². The first-order valence-corrected chi connectivity index (χ1v) is 11.5. The monoisotopic (exact) mass is 462 g/mol. The molecule has 33 heavy (non-hydrogen) atoms. The molecule has 4 heterocycles. The van der Waals surface area contributed by atoms with Crippen molar-refractivity contribution >= 4 is 23.3 Å². The zero-order valence-electron chi connectivity index (χ0n) is 18.4. The van der Waals surface area contributed by atoms with E-state index >= 15 is 0 Å². The molecule has 2 aromatic heterocycles. The maximum atomic E-state index is 11.9. The molecule has 0 bridgehead atoms. The maximum Gasteiger partial charge on any atom is 0.337 e. The molecule has 2 aliphatic rings. The summed E-state index contributed by atoms with van der Waals surface area (Å²) in [6.07, 6.45) is 6.12. The molecule has 8 heteroatoms. The number of aromatic nitrogens is 2. The number of benzene rings is 1. The number of pyridine rings is 1. The first-order chi connectivity index (χ1) is 16.2. The molecular weight excluding hydrogens is 436 g/mol. The lowest BCUT2D eigenvalue weighted by molar-refractivity contribution is 0.0600. The number of thiocarbonyl (C=S) groups is 1. The molecule has 3 atom stereocenters. The highest BCUT2D eigenvalue weighted by molar-refractivity contribution is 7.80. The molecule has 170 valence electrons. The third kappa shape index (κ3) is 4.24. The van der Waals surface area contributed by atoms with E-state index in [9.17, 15) is 4.79 Å². The third-order valence-corrected chi connectivity index (χ3v) is 6.62. The Kier molecular flexibility index (Phi) is 6.11. The van der Waals surface area contributed by atoms with Gasteiger partial charge in [0.05, 0.1) is 36.6 Å². The molecule has 0 aliphatic carbocycles. The van der Waals surface area contributed by atoms with Crippen LogP contribution < -0.4 is 5.32 Å². The second-order valence-corrected chi connectivity index (χ2v) is 8.64. The fraction of sp³-hybridized carbons (Fsp3) is 0.320. The Labute approximate surface area is 198 Å². The lowest BCUT2D eigenvalue weighted by Crippen LogP contribution is -2.36. The highest BCUT2D eigenvalue weighted by Crippen LogP contribution is 2.40. The molecular formula is C25H26N4O3S. The molecule has 1 N–H and O–H groups in total. The zero-order valence-corrected chi connectivity index (χ0v) is 19.2. The molecule has 2 aliphatic heterocycles. The van der Waals surface area contributed by atoms with Crippen LogP contribution in [-0.2, 0) is 9.47 Å². The fourth-order valence-corrected chi connectivity index (χ4v) is 4.99. The van der Waals surface area contributed by atoms with Crippen LogP contribution in [0.3, 0.4) is 0 Å². The quantitative estimate of drug-likeness (QED) is 0.441. The van der Waals surface area contributed by atoms with Gasteiger partial charge >= 0.3 is 5.97 Å². The van der Waals surface area contributed by atoms with Crippen LogP contribution in [0.25, 0.3) is 5.69 Å². The fourth-order valence-electron chi connectivity index (χ4n) is 4.68. The van der Waals surface area contributed by atoms with E-state index in [-0.39, 0.29) is 24.2 Å². The topological polar surface area (TPSA) is 68.6 Å². The Hall–Kier alpha value is -3.23. The van der Waals surface area contributed by atoms with E-state index in [0.29, 0.717) is 10.7 Å². The Bertz CT molecular complexity index is 1130. The van der Waals surface area contributed by atoms with Crippen LogP contribution >= 0.6 is 12.2 Å². The molecule has 0 radical (unpaired) electrons. The van der Waals surface area contributed by atoms with Gasteiger partial charge in [-0.2, -0.15) is 0 Å². The van der Waals surface area contributed by atoms with Gasteiger partial charge < -0.3 is 24.3 Å². The van der Waals surface area contributed by atoms with Crippen molar-refractivity contribution < 1.29 is 14.3 Å². The Balaban J connectivity index is 1.53. The van der Waals surface area contributed by atoms with Gasteiger partial charge in [0.25, 0.3) is 0 Å². The van der Waals surface area contributed by atoms with E-state index in [1.54, 1.807) is 12.1 Å². The lowest BCUT2D eigenvalue weighted by Gasteiger charge is -2.30. The summed E-state index contributed by atoms with van der Waals surface area (Å²) in [6.45, 7) is 1.53. The number of nitrogens with zero attached hydrogens (tertiary/aromatic N) is 3. The van der Waals surface area contributed by atoms with Crippen molar-refractivity contribution in [2.45, 2.75) is 31.0 Å². The molecule has 5 rings (SSSR count). The molecule has 0 saturated carbocycles. The van der Waals surface area contributed by atoms with Gasteiger partial charge in [-0.05, 0) is 73.6 Å². The summed E-state index contributed by atoms with van der Waals surface area (Å²) in [5.74, 6) is -0.349. The van der Waals surface area contributed by atoms with Crippen LogP contribution in [-0.4, -0.2) is 51.9 Å². The number of hydrogen-bond acceptors (Lipinski definition) is 5. The van der Waals surface area contributed by atoms with Crippen molar-refractivity contribution in [3.63, 3.8) is 0 Å². The van der Waals surface area contributed by atoms with Crippen molar-refractivity contribution in [2.24, 2.45) is 0 Å². The van der Waals surface area contributed by atoms with E-state index in [1.807, 2.05) is 48.8 Å². The molecule has 1 aromatic carbocycles. The van der Waals surface area contributed by atoms with Gasteiger partial charge in [0.1, 0.15) is 0 Å². The number of methoxy groups -OCH3 is 1. The predicted octanol–water partition coefficient (Wildman–Crippen LogP) is 3.81. The molecule has 0 unspecified atom stereocenters. The van der Waals surface area contributed by atoms with E-state index < -0.39 is 0 Å². The maximum absolute atomic E-state index is 11.9. The number of ether oxygens (including phenoxy) is 2. The van der Waals surface area contributed by atoms with Crippen LogP contribution in [0.15, 0.2) is 67.0 Å². The summed E-state index contributed by atoms with van der Waals surface area (Å²) >= 11 is 5.79. The minimum atomic E-state index is -0.349. The summed E-state index contributed by atoms with van der Waals surface area (Å²) in [4.78, 5) is 18.7. The number of carbonyl (C=O) groups excluding carboxylic acids is 1. The summed E-state index contributed by atoms with van der Waals surface area (Å²) in [6, 6.07) is 17.4. The minimum absolute atomic E-state index is 0.0631. The van der Waals surface area contributed by atoms with E-state index in [4.69, 9.17) is 21.7 Å². The number of carbonyl (C=O) groups is 1. The second-order valence-electron chi connectivity index (χ2n) is 8.26. The highest BCUT2D eigenvalue weighted by atomic mass is 32.1. The van der Waals surface area contributed by atoms with Gasteiger partial charge in [-0.1, -0.05) is 6.07 Å². The molecule has 0 amide bonds. The Morgan fingerprint density at radius 2 is 2.06 bits per heavy atom. The van der Waals surface area contributed by atoms with Gasteiger partial charge in [0, 0.05) is 36.9 Å². The van der Waals surface area contributed by atoms with Crippen LogP contribution in [0.5, 0.6) is 0 Å². The van der Waals surface area contributed by atoms with Crippen molar-refractivity contribution in [1.82, 2.24) is 19.8 Å². The third-order valence-electron chi connectivity index (χ3n) is 6.27. The summed E-state index contributed by atoms with van der Waals surface area (Å²) in [5.41, 5.74) is 3.50. The number of nitrogens with one attached hydrogen (secondary N) is 1. The van der Waals surface area contributed by atoms with Crippen LogP contribution in [0.4, 0.5) is 0 Å². The lowest BCUT2D eigenvalue weighted by atomic mass is 10.0. The Morgan fingerprint density at radius 3 is 2.76 bits per heavy atom. The summed E-state index contributed by atoms with van der Waals surface area (Å²) < 4.78 is 12.9. The minimum Gasteiger partial charge on any atom is -0.465 e. The van der Waals surface area contributed by atoms with Gasteiger partial charge in [-0.25, -0.2) is 4.79 Å². The van der Waals surface area contributed by atoms with Crippen molar-refractivity contribution in [1.29, 1.82) is 0 Å². The van der Waals surface area contributed by atoms with Gasteiger partial charge in [0.15, 0.2) is 5.11 Å². The van der Waals surface area contributed by atoms with E-state index in [2.05, 4.69) is 25.8 Å². The molecule has 7 nitrogen and oxygen atoms in total.